The van der Waals surface area contributed by atoms with Gasteiger partial charge in [-0.3, -0.25) is 0 Å². The molecule has 2 aliphatic rings. The molecule has 106 valence electrons. The van der Waals surface area contributed by atoms with Crippen molar-refractivity contribution in [3.05, 3.63) is 11.7 Å². The van der Waals surface area contributed by atoms with Crippen LogP contribution < -0.4 is 5.32 Å². The minimum absolute atomic E-state index is 0.411. The van der Waals surface area contributed by atoms with E-state index in [1.54, 1.807) is 7.11 Å². The van der Waals surface area contributed by atoms with Crippen LogP contribution in [0.2, 0.25) is 0 Å². The molecule has 0 radical (unpaired) electrons. The first-order valence-corrected chi connectivity index (χ1v) is 7.02. The van der Waals surface area contributed by atoms with Gasteiger partial charge in [-0.1, -0.05) is 5.16 Å². The van der Waals surface area contributed by atoms with Crippen LogP contribution in [0.15, 0.2) is 4.52 Å². The van der Waals surface area contributed by atoms with E-state index in [9.17, 15) is 0 Å². The normalized spacial score (nSPS) is 29.2. The summed E-state index contributed by atoms with van der Waals surface area (Å²) in [5, 5.41) is 7.62. The summed E-state index contributed by atoms with van der Waals surface area (Å²) in [6.07, 6.45) is 4.35. The fraction of sp³-hybridized carbons (Fsp3) is 0.846. The summed E-state index contributed by atoms with van der Waals surface area (Å²) < 4.78 is 15.7. The van der Waals surface area contributed by atoms with Crippen molar-refractivity contribution in [2.75, 3.05) is 26.9 Å². The summed E-state index contributed by atoms with van der Waals surface area (Å²) in [6.45, 7) is 1.84. The smallest absolute Gasteiger partial charge is 0.231 e. The maximum absolute atomic E-state index is 5.40. The maximum atomic E-state index is 5.40. The third kappa shape index (κ3) is 2.96. The molecule has 3 rings (SSSR count). The predicted molar refractivity (Wildman–Crippen MR) is 68.0 cm³/mol. The van der Waals surface area contributed by atoms with E-state index in [-0.39, 0.29) is 0 Å². The lowest BCUT2D eigenvalue weighted by molar-refractivity contribution is 0.0714. The summed E-state index contributed by atoms with van der Waals surface area (Å²) >= 11 is 0. The zero-order valence-corrected chi connectivity index (χ0v) is 11.3. The molecule has 0 saturated carbocycles. The van der Waals surface area contributed by atoms with Crippen LogP contribution in [0.4, 0.5) is 0 Å². The summed E-state index contributed by atoms with van der Waals surface area (Å²) in [6, 6.07) is 1.19. The Morgan fingerprint density at radius 1 is 1.32 bits per heavy atom. The van der Waals surface area contributed by atoms with Crippen LogP contribution in [0.25, 0.3) is 0 Å². The van der Waals surface area contributed by atoms with Crippen LogP contribution in [0.1, 0.15) is 36.9 Å². The SMILES string of the molecule is COCCOCCc1noc(C2CC3CCC2N3)n1. The van der Waals surface area contributed by atoms with E-state index in [1.165, 1.54) is 12.8 Å². The van der Waals surface area contributed by atoms with Gasteiger partial charge in [0.05, 0.1) is 25.7 Å². The number of ether oxygens (including phenoxy) is 2. The Hall–Kier alpha value is -0.980. The van der Waals surface area contributed by atoms with Crippen molar-refractivity contribution in [1.29, 1.82) is 0 Å². The molecule has 6 heteroatoms. The van der Waals surface area contributed by atoms with Gasteiger partial charge >= 0.3 is 0 Å². The third-order valence-corrected chi connectivity index (χ3v) is 4.00. The molecule has 2 bridgehead atoms. The van der Waals surface area contributed by atoms with Gasteiger partial charge in [0.25, 0.3) is 0 Å². The Morgan fingerprint density at radius 2 is 2.26 bits per heavy atom. The van der Waals surface area contributed by atoms with E-state index < -0.39 is 0 Å². The van der Waals surface area contributed by atoms with Crippen LogP contribution in [0, 0.1) is 0 Å². The van der Waals surface area contributed by atoms with Gasteiger partial charge in [-0.25, -0.2) is 0 Å². The number of fused-ring (bicyclic) bond motifs is 2. The molecule has 1 aromatic heterocycles. The molecule has 0 aliphatic carbocycles. The molecule has 3 heterocycles. The molecule has 0 aromatic carbocycles. The van der Waals surface area contributed by atoms with Crippen molar-refractivity contribution in [3.8, 4) is 0 Å². The quantitative estimate of drug-likeness (QED) is 0.740. The monoisotopic (exact) mass is 267 g/mol. The first-order valence-electron chi connectivity index (χ1n) is 7.02. The molecule has 0 spiro atoms. The molecule has 19 heavy (non-hydrogen) atoms. The third-order valence-electron chi connectivity index (χ3n) is 4.00. The molecule has 0 amide bonds. The van der Waals surface area contributed by atoms with E-state index in [0.717, 1.165) is 18.1 Å². The van der Waals surface area contributed by atoms with Crippen molar-refractivity contribution >= 4 is 0 Å². The average Bonchev–Trinajstić information content (AvgIpc) is 3.14. The minimum atomic E-state index is 0.411. The standard InChI is InChI=1S/C13H21N3O3/c1-17-6-7-18-5-4-12-15-13(19-16-12)10-8-9-2-3-11(10)14-9/h9-11,14H,2-8H2,1H3. The van der Waals surface area contributed by atoms with Crippen LogP contribution in [0.5, 0.6) is 0 Å². The number of rotatable bonds is 7. The zero-order valence-electron chi connectivity index (χ0n) is 11.3. The summed E-state index contributed by atoms with van der Waals surface area (Å²) in [5.41, 5.74) is 0. The average molecular weight is 267 g/mol. The summed E-state index contributed by atoms with van der Waals surface area (Å²) in [7, 11) is 1.66. The topological polar surface area (TPSA) is 69.4 Å². The largest absolute Gasteiger partial charge is 0.382 e. The van der Waals surface area contributed by atoms with Gasteiger partial charge in [-0.2, -0.15) is 4.98 Å². The Labute approximate surface area is 112 Å². The number of methoxy groups -OCH3 is 1. The van der Waals surface area contributed by atoms with Crippen molar-refractivity contribution in [2.24, 2.45) is 0 Å². The molecule has 1 N–H and O–H groups in total. The van der Waals surface area contributed by atoms with E-state index in [1.807, 2.05) is 0 Å². The first-order chi connectivity index (χ1) is 9.36. The number of hydrogen-bond acceptors (Lipinski definition) is 6. The van der Waals surface area contributed by atoms with Crippen LogP contribution in [-0.2, 0) is 15.9 Å². The molecule has 2 fully saturated rings. The van der Waals surface area contributed by atoms with E-state index in [4.69, 9.17) is 14.0 Å². The molecule has 2 saturated heterocycles. The highest BCUT2D eigenvalue weighted by Crippen LogP contribution is 2.39. The summed E-state index contributed by atoms with van der Waals surface area (Å²) in [4.78, 5) is 4.50. The number of aromatic nitrogens is 2. The van der Waals surface area contributed by atoms with Gasteiger partial charge in [0.2, 0.25) is 5.89 Å². The highest BCUT2D eigenvalue weighted by molar-refractivity contribution is 5.10. The Kier molecular flexibility index (Phi) is 4.10. The second-order valence-electron chi connectivity index (χ2n) is 5.29. The molecule has 3 atom stereocenters. The Balaban J connectivity index is 1.47. The lowest BCUT2D eigenvalue weighted by Gasteiger charge is -2.15. The fourth-order valence-electron chi connectivity index (χ4n) is 3.02. The number of nitrogens with one attached hydrogen (secondary N) is 1. The molecular formula is C13H21N3O3. The predicted octanol–water partition coefficient (Wildman–Crippen LogP) is 0.883. The van der Waals surface area contributed by atoms with Crippen LogP contribution >= 0.6 is 0 Å². The maximum Gasteiger partial charge on any atom is 0.231 e. The van der Waals surface area contributed by atoms with Gasteiger partial charge < -0.3 is 19.3 Å². The minimum Gasteiger partial charge on any atom is -0.382 e. The fourth-order valence-corrected chi connectivity index (χ4v) is 3.02. The van der Waals surface area contributed by atoms with Crippen LogP contribution in [-0.4, -0.2) is 49.2 Å². The van der Waals surface area contributed by atoms with E-state index >= 15 is 0 Å². The van der Waals surface area contributed by atoms with E-state index in [0.29, 0.717) is 44.2 Å². The number of nitrogens with zero attached hydrogens (tertiary/aromatic N) is 2. The summed E-state index contributed by atoms with van der Waals surface area (Å²) in [5.74, 6) is 1.95. The van der Waals surface area contributed by atoms with E-state index in [2.05, 4.69) is 15.5 Å². The second kappa shape index (κ2) is 5.98. The van der Waals surface area contributed by atoms with Gasteiger partial charge in [-0.15, -0.1) is 0 Å². The first kappa shape index (κ1) is 13.0. The zero-order chi connectivity index (χ0) is 13.1. The molecule has 1 aromatic rings. The van der Waals surface area contributed by atoms with Crippen molar-refractivity contribution in [2.45, 2.75) is 43.7 Å². The number of hydrogen-bond donors (Lipinski definition) is 1. The van der Waals surface area contributed by atoms with Gasteiger partial charge in [-0.05, 0) is 19.3 Å². The Bertz CT molecular complexity index is 410. The van der Waals surface area contributed by atoms with Gasteiger partial charge in [0, 0.05) is 25.6 Å². The highest BCUT2D eigenvalue weighted by atomic mass is 16.5. The lowest BCUT2D eigenvalue weighted by atomic mass is 9.89. The van der Waals surface area contributed by atoms with Crippen molar-refractivity contribution in [1.82, 2.24) is 15.5 Å². The van der Waals surface area contributed by atoms with Crippen LogP contribution in [0.3, 0.4) is 0 Å². The van der Waals surface area contributed by atoms with Gasteiger partial charge in [0.1, 0.15) is 0 Å². The highest BCUT2D eigenvalue weighted by Gasteiger charge is 2.42. The molecule has 3 unspecified atom stereocenters. The van der Waals surface area contributed by atoms with Gasteiger partial charge in [0.15, 0.2) is 5.82 Å². The molecular weight excluding hydrogens is 246 g/mol. The second-order valence-corrected chi connectivity index (χ2v) is 5.29. The molecule has 6 nitrogen and oxygen atoms in total. The lowest BCUT2D eigenvalue weighted by Crippen LogP contribution is -2.21. The van der Waals surface area contributed by atoms with Crippen molar-refractivity contribution < 1.29 is 14.0 Å². The Morgan fingerprint density at radius 3 is 3.00 bits per heavy atom. The molecule has 2 aliphatic heterocycles. The van der Waals surface area contributed by atoms with Crippen molar-refractivity contribution in [3.63, 3.8) is 0 Å².